The molecule has 1 aliphatic rings. The summed E-state index contributed by atoms with van der Waals surface area (Å²) in [5.41, 5.74) is 0.445. The fourth-order valence-electron chi connectivity index (χ4n) is 2.06. The number of alkyl halides is 3. The molecule has 3 rings (SSSR count). The van der Waals surface area contributed by atoms with Crippen LogP contribution < -0.4 is 0 Å². The van der Waals surface area contributed by atoms with Crippen LogP contribution in [0.1, 0.15) is 22.3 Å². The van der Waals surface area contributed by atoms with Crippen LogP contribution in [0.5, 0.6) is 0 Å². The third-order valence-electron chi connectivity index (χ3n) is 3.02. The number of hydrogen-bond acceptors (Lipinski definition) is 4. The van der Waals surface area contributed by atoms with E-state index in [0.717, 1.165) is 17.9 Å². The maximum Gasteiger partial charge on any atom is 0.416 e. The summed E-state index contributed by atoms with van der Waals surface area (Å²) in [6.45, 7) is 0.921. The molecule has 2 heterocycles. The number of ether oxygens (including phenoxy) is 1. The molecule has 0 unspecified atom stereocenters. The van der Waals surface area contributed by atoms with E-state index < -0.39 is 11.7 Å². The first-order valence-corrected chi connectivity index (χ1v) is 7.36. The van der Waals surface area contributed by atoms with Crippen LogP contribution in [0.3, 0.4) is 0 Å². The number of hydrogen-bond donors (Lipinski definition) is 0. The van der Waals surface area contributed by atoms with E-state index in [1.54, 1.807) is 24.0 Å². The second-order valence-corrected chi connectivity index (χ2v) is 5.78. The number of benzene rings is 1. The molecule has 1 aromatic carbocycles. The van der Waals surface area contributed by atoms with Crippen molar-refractivity contribution >= 4 is 11.8 Å². The number of aromatic nitrogens is 3. The maximum atomic E-state index is 12.7. The first-order chi connectivity index (χ1) is 10.0. The molecule has 1 aromatic heterocycles. The lowest BCUT2D eigenvalue weighted by Crippen LogP contribution is -2.07. The summed E-state index contributed by atoms with van der Waals surface area (Å²) in [6, 6.07) is 5.21. The molecule has 8 heteroatoms. The first-order valence-electron chi connectivity index (χ1n) is 6.32. The number of halogens is 3. The van der Waals surface area contributed by atoms with Crippen molar-refractivity contribution in [3.63, 3.8) is 0 Å². The molecule has 21 heavy (non-hydrogen) atoms. The summed E-state index contributed by atoms with van der Waals surface area (Å²) in [4.78, 5) is 0. The zero-order valence-corrected chi connectivity index (χ0v) is 11.7. The lowest BCUT2D eigenvalue weighted by molar-refractivity contribution is -0.137. The molecule has 0 saturated carbocycles. The molecule has 0 radical (unpaired) electrons. The average molecular weight is 315 g/mol. The smallest absolute Gasteiger partial charge is 0.360 e. The van der Waals surface area contributed by atoms with Gasteiger partial charge in [0.1, 0.15) is 11.1 Å². The van der Waals surface area contributed by atoms with Crippen molar-refractivity contribution in [2.24, 2.45) is 0 Å². The van der Waals surface area contributed by atoms with Crippen LogP contribution in [0.15, 0.2) is 30.5 Å². The second kappa shape index (κ2) is 5.69. The van der Waals surface area contributed by atoms with E-state index in [4.69, 9.17) is 4.74 Å². The molecule has 0 amide bonds. The third-order valence-corrected chi connectivity index (χ3v) is 4.10. The fourth-order valence-corrected chi connectivity index (χ4v) is 2.94. The summed E-state index contributed by atoms with van der Waals surface area (Å²) in [6.07, 6.45) is -2.62. The second-order valence-electron chi connectivity index (χ2n) is 4.61. The van der Waals surface area contributed by atoms with Gasteiger partial charge in [-0.15, -0.1) is 16.9 Å². The average Bonchev–Trinajstić information content (AvgIpc) is 3.08. The quantitative estimate of drug-likeness (QED) is 0.872. The van der Waals surface area contributed by atoms with Crippen molar-refractivity contribution in [2.75, 3.05) is 12.4 Å². The predicted molar refractivity (Wildman–Crippen MR) is 71.7 cm³/mol. The van der Waals surface area contributed by atoms with Gasteiger partial charge in [0.2, 0.25) is 0 Å². The van der Waals surface area contributed by atoms with Gasteiger partial charge in [-0.25, -0.2) is 4.68 Å². The Morgan fingerprint density at radius 1 is 1.38 bits per heavy atom. The summed E-state index contributed by atoms with van der Waals surface area (Å²) in [5.74, 6) is 0.908. The van der Waals surface area contributed by atoms with Crippen LogP contribution in [0, 0.1) is 0 Å². The van der Waals surface area contributed by atoms with Crippen LogP contribution in [-0.4, -0.2) is 27.4 Å². The zero-order valence-electron chi connectivity index (χ0n) is 10.9. The van der Waals surface area contributed by atoms with Gasteiger partial charge in [-0.2, -0.15) is 13.2 Å². The van der Waals surface area contributed by atoms with E-state index >= 15 is 0 Å². The Labute approximate surface area is 123 Å². The maximum absolute atomic E-state index is 12.7. The van der Waals surface area contributed by atoms with Gasteiger partial charge in [-0.3, -0.25) is 0 Å². The van der Waals surface area contributed by atoms with Gasteiger partial charge in [0, 0.05) is 5.75 Å². The van der Waals surface area contributed by atoms with Gasteiger partial charge in [0.05, 0.1) is 24.9 Å². The highest BCUT2D eigenvalue weighted by Crippen LogP contribution is 2.33. The van der Waals surface area contributed by atoms with Crippen LogP contribution in [0.25, 0.3) is 0 Å². The summed E-state index contributed by atoms with van der Waals surface area (Å²) < 4.78 is 45.0. The predicted octanol–water partition coefficient (Wildman–Crippen LogP) is 3.11. The van der Waals surface area contributed by atoms with Crippen LogP contribution >= 0.6 is 11.8 Å². The van der Waals surface area contributed by atoms with Crippen LogP contribution in [0.2, 0.25) is 0 Å². The van der Waals surface area contributed by atoms with Crippen LogP contribution in [0.4, 0.5) is 13.2 Å². The third kappa shape index (κ3) is 3.38. The summed E-state index contributed by atoms with van der Waals surface area (Å²) >= 11 is 1.63. The highest BCUT2D eigenvalue weighted by molar-refractivity contribution is 7.99. The number of rotatable bonds is 3. The van der Waals surface area contributed by atoms with E-state index in [9.17, 15) is 13.2 Å². The van der Waals surface area contributed by atoms with Gasteiger partial charge in [0.15, 0.2) is 0 Å². The normalized spacial score (nSPS) is 19.1. The molecule has 0 bridgehead atoms. The Morgan fingerprint density at radius 3 is 2.95 bits per heavy atom. The monoisotopic (exact) mass is 315 g/mol. The molecule has 2 aromatic rings. The molecule has 0 spiro atoms. The van der Waals surface area contributed by atoms with Crippen molar-refractivity contribution in [2.45, 2.75) is 18.2 Å². The molecule has 1 atom stereocenters. The molecule has 1 fully saturated rings. The molecule has 1 saturated heterocycles. The standard InChI is InChI=1S/C13H12F3N3OS/c14-13(15,16)10-3-1-2-9(6-10)7-19-8-11(17-18-19)12-20-4-5-21-12/h1-3,6,8,12H,4-5,7H2/t12-/m1/s1. The van der Waals surface area contributed by atoms with Crippen LogP contribution in [-0.2, 0) is 17.5 Å². The van der Waals surface area contributed by atoms with Crippen molar-refractivity contribution in [1.82, 2.24) is 15.0 Å². The van der Waals surface area contributed by atoms with Crippen molar-refractivity contribution in [3.8, 4) is 0 Å². The minimum atomic E-state index is -4.34. The Bertz CT molecular complexity index is 623. The summed E-state index contributed by atoms with van der Waals surface area (Å²) in [5, 5.41) is 7.95. The number of nitrogens with zero attached hydrogens (tertiary/aromatic N) is 3. The molecular weight excluding hydrogens is 303 g/mol. The number of thioether (sulfide) groups is 1. The van der Waals surface area contributed by atoms with Crippen molar-refractivity contribution < 1.29 is 17.9 Å². The molecule has 0 aliphatic carbocycles. The molecule has 1 aliphatic heterocycles. The molecule has 0 N–H and O–H groups in total. The Balaban J connectivity index is 1.74. The highest BCUT2D eigenvalue weighted by atomic mass is 32.2. The lowest BCUT2D eigenvalue weighted by atomic mass is 10.1. The Kier molecular flexibility index (Phi) is 3.90. The van der Waals surface area contributed by atoms with Gasteiger partial charge in [-0.1, -0.05) is 17.3 Å². The van der Waals surface area contributed by atoms with Crippen molar-refractivity contribution in [3.05, 3.63) is 47.3 Å². The topological polar surface area (TPSA) is 39.9 Å². The largest absolute Gasteiger partial charge is 0.416 e. The molecule has 4 nitrogen and oxygen atoms in total. The van der Waals surface area contributed by atoms with E-state index in [2.05, 4.69) is 10.3 Å². The Morgan fingerprint density at radius 2 is 2.24 bits per heavy atom. The zero-order chi connectivity index (χ0) is 14.9. The lowest BCUT2D eigenvalue weighted by Gasteiger charge is -2.08. The molecule has 112 valence electrons. The summed E-state index contributed by atoms with van der Waals surface area (Å²) in [7, 11) is 0. The molecular formula is C13H12F3N3OS. The van der Waals surface area contributed by atoms with E-state index in [1.165, 1.54) is 10.7 Å². The van der Waals surface area contributed by atoms with Gasteiger partial charge in [-0.05, 0) is 17.7 Å². The minimum Gasteiger partial charge on any atom is -0.360 e. The van der Waals surface area contributed by atoms with Gasteiger partial charge >= 0.3 is 6.18 Å². The van der Waals surface area contributed by atoms with Gasteiger partial charge in [0.25, 0.3) is 0 Å². The van der Waals surface area contributed by atoms with Gasteiger partial charge < -0.3 is 4.74 Å². The highest BCUT2D eigenvalue weighted by Gasteiger charge is 2.30. The SMILES string of the molecule is FC(F)(F)c1cccc(Cn2cc([C@@H]3OCCS3)nn2)c1. The fraction of sp³-hybridized carbons (Fsp3) is 0.385. The van der Waals surface area contributed by atoms with E-state index in [1.807, 2.05) is 0 Å². The first kappa shape index (κ1) is 14.4. The van der Waals surface area contributed by atoms with E-state index in [-0.39, 0.29) is 12.0 Å². The minimum absolute atomic E-state index is 0.125. The van der Waals surface area contributed by atoms with Crippen molar-refractivity contribution in [1.29, 1.82) is 0 Å². The Hall–Kier alpha value is -1.54. The van der Waals surface area contributed by atoms with E-state index in [0.29, 0.717) is 17.9 Å².